The highest BCUT2D eigenvalue weighted by atomic mass is 32.1. The lowest BCUT2D eigenvalue weighted by atomic mass is 10.0. The Hall–Kier alpha value is -2.14. The third-order valence-electron chi connectivity index (χ3n) is 4.02. The molecular weight excluding hydrogens is 337 g/mol. The molecule has 0 spiro atoms. The molecule has 0 radical (unpaired) electrons. The van der Waals surface area contributed by atoms with Gasteiger partial charge in [-0.1, -0.05) is 19.1 Å². The van der Waals surface area contributed by atoms with Gasteiger partial charge in [-0.2, -0.15) is 0 Å². The van der Waals surface area contributed by atoms with Gasteiger partial charge in [0.25, 0.3) is 5.17 Å². The molecule has 3 nitrogen and oxygen atoms in total. The van der Waals surface area contributed by atoms with E-state index in [2.05, 4.69) is 25.2 Å². The Morgan fingerprint density at radius 3 is 2.60 bits per heavy atom. The third kappa shape index (κ3) is 4.92. The fraction of sp³-hybridized carbons (Fsp3) is 0.350. The summed E-state index contributed by atoms with van der Waals surface area (Å²) in [4.78, 5) is 0. The first kappa shape index (κ1) is 19.2. The van der Waals surface area contributed by atoms with Crippen LogP contribution in [0.15, 0.2) is 30.3 Å². The fourth-order valence-corrected chi connectivity index (χ4v) is 2.86. The largest absolute Gasteiger partial charge is 0.488 e. The Labute approximate surface area is 154 Å². The van der Waals surface area contributed by atoms with E-state index >= 15 is 0 Å². The molecule has 0 saturated heterocycles. The van der Waals surface area contributed by atoms with E-state index in [0.29, 0.717) is 17.9 Å². The smallest absolute Gasteiger partial charge is 0.261 e. The predicted octanol–water partition coefficient (Wildman–Crippen LogP) is 5.32. The number of rotatable bonds is 6. The van der Waals surface area contributed by atoms with Gasteiger partial charge in [-0.3, -0.25) is 0 Å². The molecule has 2 rings (SSSR count). The van der Waals surface area contributed by atoms with Crippen LogP contribution in [0.3, 0.4) is 0 Å². The maximum absolute atomic E-state index is 14.3. The standard InChI is InChI=1S/C20H24FNO2S/c1-5-15-10-14(4)19(11-13(15)3)24-12-16-17(21)8-7-9-18(16)22-20(25)23-6-2/h7-11H,5-6,12H2,1-4H3,(H,22,25). The molecule has 0 aliphatic carbocycles. The quantitative estimate of drug-likeness (QED) is 0.706. The molecule has 0 heterocycles. The molecule has 0 fully saturated rings. The highest BCUT2D eigenvalue weighted by Gasteiger charge is 2.12. The van der Waals surface area contributed by atoms with Crippen molar-refractivity contribution >= 4 is 23.1 Å². The summed E-state index contributed by atoms with van der Waals surface area (Å²) in [6.07, 6.45) is 0.975. The summed E-state index contributed by atoms with van der Waals surface area (Å²) in [5, 5.41) is 3.14. The minimum absolute atomic E-state index is 0.107. The molecule has 0 bridgehead atoms. The molecule has 0 aliphatic rings. The highest BCUT2D eigenvalue weighted by Crippen LogP contribution is 2.26. The first-order valence-electron chi connectivity index (χ1n) is 8.40. The van der Waals surface area contributed by atoms with E-state index in [-0.39, 0.29) is 17.6 Å². The van der Waals surface area contributed by atoms with E-state index in [4.69, 9.17) is 21.7 Å². The van der Waals surface area contributed by atoms with E-state index in [1.807, 2.05) is 19.9 Å². The summed E-state index contributed by atoms with van der Waals surface area (Å²) in [6.45, 7) is 8.58. The lowest BCUT2D eigenvalue weighted by molar-refractivity contribution is 0.298. The summed E-state index contributed by atoms with van der Waals surface area (Å²) in [5.41, 5.74) is 4.48. The van der Waals surface area contributed by atoms with Crippen LogP contribution >= 0.6 is 12.2 Å². The SMILES string of the molecule is CCOC(=S)Nc1cccc(F)c1COc1cc(C)c(CC)cc1C. The molecule has 0 amide bonds. The number of anilines is 1. The molecule has 0 atom stereocenters. The zero-order valence-corrected chi connectivity index (χ0v) is 15.9. The van der Waals surface area contributed by atoms with Crippen LogP contribution < -0.4 is 10.1 Å². The molecule has 0 saturated carbocycles. The molecule has 25 heavy (non-hydrogen) atoms. The van der Waals surface area contributed by atoms with Crippen LogP contribution in [-0.2, 0) is 17.8 Å². The van der Waals surface area contributed by atoms with Crippen molar-refractivity contribution in [2.75, 3.05) is 11.9 Å². The van der Waals surface area contributed by atoms with Crippen molar-refractivity contribution < 1.29 is 13.9 Å². The maximum Gasteiger partial charge on any atom is 0.261 e. The first-order valence-corrected chi connectivity index (χ1v) is 8.81. The normalized spacial score (nSPS) is 10.4. The van der Waals surface area contributed by atoms with E-state index in [0.717, 1.165) is 17.7 Å². The number of hydrogen-bond acceptors (Lipinski definition) is 3. The molecule has 134 valence electrons. The van der Waals surface area contributed by atoms with Crippen LogP contribution in [0.25, 0.3) is 0 Å². The number of nitrogens with one attached hydrogen (secondary N) is 1. The average molecular weight is 361 g/mol. The number of halogens is 1. The van der Waals surface area contributed by atoms with Crippen molar-refractivity contribution in [3.63, 3.8) is 0 Å². The van der Waals surface area contributed by atoms with Gasteiger partial charge in [-0.25, -0.2) is 4.39 Å². The molecular formula is C20H24FNO2S. The van der Waals surface area contributed by atoms with Gasteiger partial charge < -0.3 is 14.8 Å². The molecule has 0 aromatic heterocycles. The summed E-state index contributed by atoms with van der Waals surface area (Å²) in [5.74, 6) is 0.417. The van der Waals surface area contributed by atoms with Gasteiger partial charge >= 0.3 is 0 Å². The summed E-state index contributed by atoms with van der Waals surface area (Å²) >= 11 is 5.08. The fourth-order valence-electron chi connectivity index (χ4n) is 2.64. The number of ether oxygens (including phenoxy) is 2. The van der Waals surface area contributed by atoms with Crippen LogP contribution in [0.1, 0.15) is 36.1 Å². The number of hydrogen-bond donors (Lipinski definition) is 1. The Morgan fingerprint density at radius 2 is 1.92 bits per heavy atom. The molecule has 0 aliphatic heterocycles. The van der Waals surface area contributed by atoms with Gasteiger partial charge in [0.05, 0.1) is 12.3 Å². The second-order valence-corrected chi connectivity index (χ2v) is 6.17. The number of thiocarbonyl (C=S) groups is 1. The van der Waals surface area contributed by atoms with Crippen LogP contribution in [0.5, 0.6) is 5.75 Å². The van der Waals surface area contributed by atoms with Crippen molar-refractivity contribution in [1.82, 2.24) is 0 Å². The molecule has 1 N–H and O–H groups in total. The lowest BCUT2D eigenvalue weighted by Gasteiger charge is -2.16. The van der Waals surface area contributed by atoms with Gasteiger partial charge in [0, 0.05) is 5.56 Å². The first-order chi connectivity index (χ1) is 12.0. The van der Waals surface area contributed by atoms with Crippen LogP contribution in [0, 0.1) is 19.7 Å². The van der Waals surface area contributed by atoms with Crippen LogP contribution in [0.2, 0.25) is 0 Å². The third-order valence-corrected chi connectivity index (χ3v) is 4.24. The highest BCUT2D eigenvalue weighted by molar-refractivity contribution is 7.80. The van der Waals surface area contributed by atoms with Crippen molar-refractivity contribution in [3.8, 4) is 5.75 Å². The Morgan fingerprint density at radius 1 is 1.16 bits per heavy atom. The van der Waals surface area contributed by atoms with E-state index in [1.54, 1.807) is 12.1 Å². The van der Waals surface area contributed by atoms with E-state index in [1.165, 1.54) is 17.2 Å². The molecule has 5 heteroatoms. The minimum Gasteiger partial charge on any atom is -0.488 e. The van der Waals surface area contributed by atoms with Crippen LogP contribution in [0.4, 0.5) is 10.1 Å². The topological polar surface area (TPSA) is 30.5 Å². The van der Waals surface area contributed by atoms with E-state index in [9.17, 15) is 4.39 Å². The minimum atomic E-state index is -0.344. The second-order valence-electron chi connectivity index (χ2n) is 5.80. The summed E-state index contributed by atoms with van der Waals surface area (Å²) in [6, 6.07) is 8.92. The number of benzene rings is 2. The van der Waals surface area contributed by atoms with Gasteiger partial charge in [0.2, 0.25) is 0 Å². The van der Waals surface area contributed by atoms with Gasteiger partial charge in [-0.15, -0.1) is 0 Å². The number of aryl methyl sites for hydroxylation is 3. The van der Waals surface area contributed by atoms with Crippen LogP contribution in [-0.4, -0.2) is 11.8 Å². The van der Waals surface area contributed by atoms with Crippen molar-refractivity contribution in [1.29, 1.82) is 0 Å². The summed E-state index contributed by atoms with van der Waals surface area (Å²) < 4.78 is 25.4. The zero-order valence-electron chi connectivity index (χ0n) is 15.1. The zero-order chi connectivity index (χ0) is 18.4. The predicted molar refractivity (Wildman–Crippen MR) is 104 cm³/mol. The Kier molecular flexibility index (Phi) is 6.76. The molecule has 0 unspecified atom stereocenters. The molecule has 2 aromatic carbocycles. The monoisotopic (exact) mass is 361 g/mol. The van der Waals surface area contributed by atoms with E-state index < -0.39 is 0 Å². The van der Waals surface area contributed by atoms with Gasteiger partial charge in [0.15, 0.2) is 0 Å². The van der Waals surface area contributed by atoms with Crippen molar-refractivity contribution in [3.05, 3.63) is 58.4 Å². The Balaban J connectivity index is 2.20. The van der Waals surface area contributed by atoms with Crippen molar-refractivity contribution in [2.45, 2.75) is 40.7 Å². The second kappa shape index (κ2) is 8.81. The molecule has 2 aromatic rings. The maximum atomic E-state index is 14.3. The van der Waals surface area contributed by atoms with Gasteiger partial charge in [-0.05, 0) is 74.3 Å². The average Bonchev–Trinajstić information content (AvgIpc) is 2.57. The van der Waals surface area contributed by atoms with Gasteiger partial charge in [0.1, 0.15) is 18.2 Å². The summed E-state index contributed by atoms with van der Waals surface area (Å²) in [7, 11) is 0. The Bertz CT molecular complexity index is 762. The van der Waals surface area contributed by atoms with Crippen molar-refractivity contribution in [2.24, 2.45) is 0 Å². The lowest BCUT2D eigenvalue weighted by Crippen LogP contribution is -2.15.